The fourth-order valence-electron chi connectivity index (χ4n) is 1.85. The number of aliphatic imine (C=N–C) groups is 1. The minimum atomic E-state index is -0.210. The SMILES string of the molecule is O=C1NC(=Nc2ccccc2)SC1=Cc1ccccc1O. The van der Waals surface area contributed by atoms with Gasteiger partial charge in [0, 0.05) is 5.56 Å². The van der Waals surface area contributed by atoms with Gasteiger partial charge in [-0.1, -0.05) is 36.4 Å². The molecule has 0 aliphatic carbocycles. The smallest absolute Gasteiger partial charge is 0.264 e. The molecule has 0 aromatic heterocycles. The van der Waals surface area contributed by atoms with Gasteiger partial charge in [-0.25, -0.2) is 4.99 Å². The quantitative estimate of drug-likeness (QED) is 0.836. The molecule has 0 atom stereocenters. The van der Waals surface area contributed by atoms with Gasteiger partial charge in [0.15, 0.2) is 5.17 Å². The van der Waals surface area contributed by atoms with Gasteiger partial charge in [0.05, 0.1) is 10.6 Å². The highest BCUT2D eigenvalue weighted by Crippen LogP contribution is 2.29. The van der Waals surface area contributed by atoms with Crippen LogP contribution in [0.2, 0.25) is 0 Å². The standard InChI is InChI=1S/C16H12N2O2S/c19-13-9-5-4-6-11(13)10-14-15(20)18-16(21-14)17-12-7-2-1-3-8-12/h1-10,19H,(H,17,18,20). The van der Waals surface area contributed by atoms with Crippen LogP contribution in [0.15, 0.2) is 64.5 Å². The van der Waals surface area contributed by atoms with Crippen LogP contribution in [0.1, 0.15) is 5.56 Å². The lowest BCUT2D eigenvalue weighted by atomic mass is 10.2. The predicted octanol–water partition coefficient (Wildman–Crippen LogP) is 3.28. The molecule has 0 bridgehead atoms. The minimum absolute atomic E-state index is 0.145. The first-order valence-corrected chi connectivity index (χ1v) is 7.17. The van der Waals surface area contributed by atoms with E-state index in [2.05, 4.69) is 10.3 Å². The second-order valence-corrected chi connectivity index (χ2v) is 5.41. The number of carbonyl (C=O) groups is 1. The molecule has 1 heterocycles. The van der Waals surface area contributed by atoms with Crippen molar-refractivity contribution in [1.82, 2.24) is 5.32 Å². The highest BCUT2D eigenvalue weighted by molar-refractivity contribution is 8.18. The Hall–Kier alpha value is -2.53. The molecule has 0 unspecified atom stereocenters. The van der Waals surface area contributed by atoms with Gasteiger partial charge < -0.3 is 10.4 Å². The first-order chi connectivity index (χ1) is 10.2. The van der Waals surface area contributed by atoms with Crippen LogP contribution in [0.5, 0.6) is 5.75 Å². The van der Waals surface area contributed by atoms with Gasteiger partial charge in [-0.05, 0) is 36.0 Å². The third-order valence-corrected chi connectivity index (χ3v) is 3.77. The van der Waals surface area contributed by atoms with E-state index in [0.29, 0.717) is 15.6 Å². The molecule has 2 aromatic carbocycles. The second-order valence-electron chi connectivity index (χ2n) is 4.38. The third kappa shape index (κ3) is 3.14. The number of benzene rings is 2. The van der Waals surface area contributed by atoms with Gasteiger partial charge in [-0.2, -0.15) is 0 Å². The van der Waals surface area contributed by atoms with Crippen molar-refractivity contribution in [2.75, 3.05) is 0 Å². The largest absolute Gasteiger partial charge is 0.507 e. The van der Waals surface area contributed by atoms with Crippen molar-refractivity contribution in [1.29, 1.82) is 0 Å². The van der Waals surface area contributed by atoms with Crippen molar-refractivity contribution in [2.24, 2.45) is 4.99 Å². The van der Waals surface area contributed by atoms with E-state index < -0.39 is 0 Å². The van der Waals surface area contributed by atoms with Gasteiger partial charge >= 0.3 is 0 Å². The van der Waals surface area contributed by atoms with Crippen LogP contribution in [0.3, 0.4) is 0 Å². The van der Waals surface area contributed by atoms with Crippen LogP contribution >= 0.6 is 11.8 Å². The minimum Gasteiger partial charge on any atom is -0.507 e. The zero-order valence-corrected chi connectivity index (χ0v) is 11.8. The summed E-state index contributed by atoms with van der Waals surface area (Å²) in [7, 11) is 0. The van der Waals surface area contributed by atoms with Crippen LogP contribution < -0.4 is 5.32 Å². The molecule has 1 saturated heterocycles. The average molecular weight is 296 g/mol. The van der Waals surface area contributed by atoms with E-state index in [1.54, 1.807) is 24.3 Å². The molecule has 1 aliphatic rings. The van der Waals surface area contributed by atoms with Crippen molar-refractivity contribution in [3.8, 4) is 5.75 Å². The van der Waals surface area contributed by atoms with Crippen molar-refractivity contribution in [3.05, 3.63) is 65.1 Å². The summed E-state index contributed by atoms with van der Waals surface area (Å²) < 4.78 is 0. The lowest BCUT2D eigenvalue weighted by Gasteiger charge is -1.98. The van der Waals surface area contributed by atoms with Crippen LogP contribution in [-0.4, -0.2) is 16.2 Å². The lowest BCUT2D eigenvalue weighted by Crippen LogP contribution is -2.19. The topological polar surface area (TPSA) is 61.7 Å². The molecule has 5 heteroatoms. The number of carbonyl (C=O) groups excluding carboxylic acids is 1. The Balaban J connectivity index is 1.86. The number of hydrogen-bond acceptors (Lipinski definition) is 4. The molecule has 3 rings (SSSR count). The number of amides is 1. The number of nitrogens with one attached hydrogen (secondary N) is 1. The van der Waals surface area contributed by atoms with E-state index in [1.165, 1.54) is 11.8 Å². The van der Waals surface area contributed by atoms with Gasteiger partial charge in [0.2, 0.25) is 0 Å². The summed E-state index contributed by atoms with van der Waals surface area (Å²) in [6.45, 7) is 0. The molecule has 0 radical (unpaired) electrons. The number of amidine groups is 1. The molecular formula is C16H12N2O2S. The van der Waals surface area contributed by atoms with Crippen LogP contribution in [0, 0.1) is 0 Å². The highest BCUT2D eigenvalue weighted by atomic mass is 32.2. The zero-order valence-electron chi connectivity index (χ0n) is 11.0. The molecule has 1 fully saturated rings. The van der Waals surface area contributed by atoms with Crippen molar-refractivity contribution in [3.63, 3.8) is 0 Å². The number of hydrogen-bond donors (Lipinski definition) is 2. The number of para-hydroxylation sites is 2. The Labute approximate surface area is 126 Å². The lowest BCUT2D eigenvalue weighted by molar-refractivity contribution is -0.115. The molecule has 2 N–H and O–H groups in total. The number of nitrogens with zero attached hydrogens (tertiary/aromatic N) is 1. The van der Waals surface area contributed by atoms with Gasteiger partial charge in [0.25, 0.3) is 5.91 Å². The van der Waals surface area contributed by atoms with E-state index in [-0.39, 0.29) is 11.7 Å². The molecule has 21 heavy (non-hydrogen) atoms. The summed E-state index contributed by atoms with van der Waals surface area (Å²) in [4.78, 5) is 16.8. The monoisotopic (exact) mass is 296 g/mol. The summed E-state index contributed by atoms with van der Waals surface area (Å²) in [6.07, 6.45) is 1.66. The zero-order chi connectivity index (χ0) is 14.7. The molecule has 2 aromatic rings. The number of rotatable bonds is 2. The Kier molecular flexibility index (Phi) is 3.75. The summed E-state index contributed by atoms with van der Waals surface area (Å²) in [6, 6.07) is 16.3. The second kappa shape index (κ2) is 5.85. The summed E-state index contributed by atoms with van der Waals surface area (Å²) >= 11 is 1.26. The predicted molar refractivity (Wildman–Crippen MR) is 85.4 cm³/mol. The summed E-state index contributed by atoms with van der Waals surface area (Å²) in [5.74, 6) is -0.0650. The number of thioether (sulfide) groups is 1. The first-order valence-electron chi connectivity index (χ1n) is 6.35. The van der Waals surface area contributed by atoms with Crippen molar-refractivity contribution < 1.29 is 9.90 Å². The molecule has 0 spiro atoms. The summed E-state index contributed by atoms with van der Waals surface area (Å²) in [5.41, 5.74) is 1.39. The van der Waals surface area contributed by atoms with E-state index in [1.807, 2.05) is 36.4 Å². The van der Waals surface area contributed by atoms with E-state index in [4.69, 9.17) is 0 Å². The Morgan fingerprint density at radius 1 is 1.05 bits per heavy atom. The highest BCUT2D eigenvalue weighted by Gasteiger charge is 2.24. The molecule has 104 valence electrons. The number of phenolic OH excluding ortho intramolecular Hbond substituents is 1. The Morgan fingerprint density at radius 3 is 2.52 bits per heavy atom. The number of aromatic hydroxyl groups is 1. The van der Waals surface area contributed by atoms with Gasteiger partial charge in [0.1, 0.15) is 5.75 Å². The molecule has 0 saturated carbocycles. The Morgan fingerprint density at radius 2 is 1.76 bits per heavy atom. The maximum absolute atomic E-state index is 11.9. The van der Waals surface area contributed by atoms with E-state index in [0.717, 1.165) is 5.69 Å². The van der Waals surface area contributed by atoms with Crippen LogP contribution in [0.25, 0.3) is 6.08 Å². The third-order valence-electron chi connectivity index (χ3n) is 2.86. The van der Waals surface area contributed by atoms with Gasteiger partial charge in [-0.3, -0.25) is 4.79 Å². The average Bonchev–Trinajstić information content (AvgIpc) is 2.82. The molecule has 1 aliphatic heterocycles. The molecule has 4 nitrogen and oxygen atoms in total. The fraction of sp³-hybridized carbons (Fsp3) is 0. The van der Waals surface area contributed by atoms with E-state index in [9.17, 15) is 9.90 Å². The van der Waals surface area contributed by atoms with E-state index >= 15 is 0 Å². The number of phenols is 1. The van der Waals surface area contributed by atoms with Crippen molar-refractivity contribution >= 4 is 34.6 Å². The van der Waals surface area contributed by atoms with Crippen LogP contribution in [-0.2, 0) is 4.79 Å². The van der Waals surface area contributed by atoms with Gasteiger partial charge in [-0.15, -0.1) is 0 Å². The Bertz CT molecular complexity index is 739. The fourth-order valence-corrected chi connectivity index (χ4v) is 2.68. The normalized spacial score (nSPS) is 18.2. The first kappa shape index (κ1) is 13.5. The molecular weight excluding hydrogens is 284 g/mol. The van der Waals surface area contributed by atoms with Crippen molar-refractivity contribution in [2.45, 2.75) is 0 Å². The maximum atomic E-state index is 11.9. The molecule has 1 amide bonds. The van der Waals surface area contributed by atoms with Crippen LogP contribution in [0.4, 0.5) is 5.69 Å². The maximum Gasteiger partial charge on any atom is 0.264 e. The summed E-state index contributed by atoms with van der Waals surface area (Å²) in [5, 5.41) is 13.0.